The lowest BCUT2D eigenvalue weighted by atomic mass is 10.1. The van der Waals surface area contributed by atoms with E-state index in [1.165, 1.54) is 29.1 Å². The highest BCUT2D eigenvalue weighted by atomic mass is 32.1. The van der Waals surface area contributed by atoms with Crippen molar-refractivity contribution in [1.82, 2.24) is 4.90 Å². The number of thiophene rings is 1. The van der Waals surface area contributed by atoms with Gasteiger partial charge >= 0.3 is 0 Å². The van der Waals surface area contributed by atoms with Crippen LogP contribution in [0.25, 0.3) is 0 Å². The van der Waals surface area contributed by atoms with Gasteiger partial charge in [0.15, 0.2) is 0 Å². The van der Waals surface area contributed by atoms with Crippen molar-refractivity contribution in [2.75, 3.05) is 6.54 Å². The maximum atomic E-state index is 6.18. The Morgan fingerprint density at radius 1 is 1.50 bits per heavy atom. The topological polar surface area (TPSA) is 29.3 Å². The van der Waals surface area contributed by atoms with E-state index in [0.717, 1.165) is 0 Å². The zero-order chi connectivity index (χ0) is 11.7. The quantitative estimate of drug-likeness (QED) is 0.877. The number of rotatable bonds is 3. The summed E-state index contributed by atoms with van der Waals surface area (Å²) >= 11 is 1.89. The van der Waals surface area contributed by atoms with Crippen molar-refractivity contribution in [3.05, 3.63) is 21.9 Å². The van der Waals surface area contributed by atoms with E-state index >= 15 is 0 Å². The molecule has 3 atom stereocenters. The van der Waals surface area contributed by atoms with E-state index in [4.69, 9.17) is 5.73 Å². The lowest BCUT2D eigenvalue weighted by Crippen LogP contribution is -2.40. The fourth-order valence-electron chi connectivity index (χ4n) is 2.71. The molecule has 1 aliphatic rings. The summed E-state index contributed by atoms with van der Waals surface area (Å²) in [6.45, 7) is 7.82. The molecule has 3 heteroatoms. The maximum absolute atomic E-state index is 6.18. The molecule has 2 rings (SSSR count). The molecule has 90 valence electrons. The fraction of sp³-hybridized carbons (Fsp3) is 0.692. The number of aryl methyl sites for hydroxylation is 1. The van der Waals surface area contributed by atoms with Crippen LogP contribution in [0.5, 0.6) is 0 Å². The van der Waals surface area contributed by atoms with Crippen molar-refractivity contribution in [2.24, 2.45) is 5.73 Å². The van der Waals surface area contributed by atoms with Crippen LogP contribution in [0.2, 0.25) is 0 Å². The van der Waals surface area contributed by atoms with Gasteiger partial charge in [-0.05, 0) is 52.3 Å². The van der Waals surface area contributed by atoms with Crippen LogP contribution < -0.4 is 5.73 Å². The molecule has 0 radical (unpaired) electrons. The van der Waals surface area contributed by atoms with Crippen molar-refractivity contribution in [1.29, 1.82) is 0 Å². The van der Waals surface area contributed by atoms with Gasteiger partial charge in [-0.2, -0.15) is 0 Å². The van der Waals surface area contributed by atoms with Crippen LogP contribution >= 0.6 is 11.3 Å². The Morgan fingerprint density at radius 2 is 2.25 bits per heavy atom. The number of likely N-dealkylation sites (tertiary alicyclic amines) is 1. The van der Waals surface area contributed by atoms with Gasteiger partial charge in [0, 0.05) is 21.8 Å². The van der Waals surface area contributed by atoms with Crippen LogP contribution in [0.15, 0.2) is 12.1 Å². The van der Waals surface area contributed by atoms with E-state index in [2.05, 4.69) is 37.8 Å². The van der Waals surface area contributed by atoms with Crippen LogP contribution in [0.3, 0.4) is 0 Å². The molecule has 1 fully saturated rings. The Balaban J connectivity index is 2.23. The molecule has 1 aliphatic heterocycles. The highest BCUT2D eigenvalue weighted by Crippen LogP contribution is 2.34. The lowest BCUT2D eigenvalue weighted by Gasteiger charge is -2.33. The summed E-state index contributed by atoms with van der Waals surface area (Å²) in [5, 5.41) is 0. The first kappa shape index (κ1) is 12.1. The SMILES string of the molecule is Cc1ccc(C(C(C)N)N2CCCC2C)s1. The van der Waals surface area contributed by atoms with Gasteiger partial charge in [-0.15, -0.1) is 11.3 Å². The maximum Gasteiger partial charge on any atom is 0.0593 e. The zero-order valence-corrected chi connectivity index (χ0v) is 11.3. The second-order valence-electron chi connectivity index (χ2n) is 4.98. The van der Waals surface area contributed by atoms with E-state index in [-0.39, 0.29) is 6.04 Å². The van der Waals surface area contributed by atoms with E-state index < -0.39 is 0 Å². The smallest absolute Gasteiger partial charge is 0.0593 e. The van der Waals surface area contributed by atoms with Crippen LogP contribution in [-0.2, 0) is 0 Å². The molecule has 3 unspecified atom stereocenters. The van der Waals surface area contributed by atoms with Gasteiger partial charge in [-0.25, -0.2) is 0 Å². The molecule has 0 aromatic carbocycles. The third kappa shape index (κ3) is 2.31. The fourth-order valence-corrected chi connectivity index (χ4v) is 3.82. The monoisotopic (exact) mass is 238 g/mol. The highest BCUT2D eigenvalue weighted by Gasteiger charge is 2.31. The molecular weight excluding hydrogens is 216 g/mol. The van der Waals surface area contributed by atoms with Crippen LogP contribution in [0, 0.1) is 6.92 Å². The summed E-state index contributed by atoms with van der Waals surface area (Å²) in [5.74, 6) is 0. The Hall–Kier alpha value is -0.380. The van der Waals surface area contributed by atoms with E-state index in [1.807, 2.05) is 11.3 Å². The molecule has 0 spiro atoms. The predicted molar refractivity (Wildman–Crippen MR) is 70.8 cm³/mol. The molecule has 2 N–H and O–H groups in total. The first-order valence-electron chi connectivity index (χ1n) is 6.17. The molecule has 1 aromatic heterocycles. The minimum Gasteiger partial charge on any atom is -0.326 e. The second kappa shape index (κ2) is 4.86. The second-order valence-corrected chi connectivity index (χ2v) is 6.30. The molecule has 0 aliphatic carbocycles. The molecule has 2 nitrogen and oxygen atoms in total. The van der Waals surface area contributed by atoms with Gasteiger partial charge in [0.2, 0.25) is 0 Å². The molecule has 2 heterocycles. The van der Waals surface area contributed by atoms with Gasteiger partial charge in [0.1, 0.15) is 0 Å². The van der Waals surface area contributed by atoms with Crippen molar-refractivity contribution in [3.63, 3.8) is 0 Å². The van der Waals surface area contributed by atoms with Gasteiger partial charge in [0.25, 0.3) is 0 Å². The summed E-state index contributed by atoms with van der Waals surface area (Å²) in [6.07, 6.45) is 2.63. The summed E-state index contributed by atoms with van der Waals surface area (Å²) in [6, 6.07) is 5.75. The number of nitrogens with zero attached hydrogens (tertiary/aromatic N) is 1. The Bertz CT molecular complexity index is 345. The average Bonchev–Trinajstić information content (AvgIpc) is 2.78. The van der Waals surface area contributed by atoms with Crippen molar-refractivity contribution < 1.29 is 0 Å². The summed E-state index contributed by atoms with van der Waals surface area (Å²) in [5.41, 5.74) is 6.18. The van der Waals surface area contributed by atoms with Crippen LogP contribution in [0.4, 0.5) is 0 Å². The third-order valence-electron chi connectivity index (χ3n) is 3.51. The molecule has 0 bridgehead atoms. The van der Waals surface area contributed by atoms with Gasteiger partial charge in [-0.3, -0.25) is 4.90 Å². The van der Waals surface area contributed by atoms with E-state index in [9.17, 15) is 0 Å². The number of hydrogen-bond donors (Lipinski definition) is 1. The normalized spacial score (nSPS) is 25.9. The molecule has 1 aromatic rings. The lowest BCUT2D eigenvalue weighted by molar-refractivity contribution is 0.173. The van der Waals surface area contributed by atoms with Crippen LogP contribution in [0.1, 0.15) is 42.5 Å². The van der Waals surface area contributed by atoms with Crippen molar-refractivity contribution >= 4 is 11.3 Å². The van der Waals surface area contributed by atoms with Gasteiger partial charge in [-0.1, -0.05) is 0 Å². The van der Waals surface area contributed by atoms with E-state index in [0.29, 0.717) is 12.1 Å². The summed E-state index contributed by atoms with van der Waals surface area (Å²) < 4.78 is 0. The third-order valence-corrected chi connectivity index (χ3v) is 4.58. The minimum absolute atomic E-state index is 0.207. The average molecular weight is 238 g/mol. The Labute approximate surface area is 102 Å². The molecule has 1 saturated heterocycles. The van der Waals surface area contributed by atoms with E-state index in [1.54, 1.807) is 0 Å². The van der Waals surface area contributed by atoms with Crippen molar-refractivity contribution in [2.45, 2.75) is 51.7 Å². The molecular formula is C13H22N2S. The highest BCUT2D eigenvalue weighted by molar-refractivity contribution is 7.12. The standard InChI is InChI=1S/C13H22N2S/c1-9-5-4-8-15(9)13(11(3)14)12-7-6-10(2)16-12/h6-7,9,11,13H,4-5,8,14H2,1-3H3. The molecule has 16 heavy (non-hydrogen) atoms. The Morgan fingerprint density at radius 3 is 2.69 bits per heavy atom. The zero-order valence-electron chi connectivity index (χ0n) is 10.4. The first-order valence-corrected chi connectivity index (χ1v) is 6.99. The van der Waals surface area contributed by atoms with Crippen molar-refractivity contribution in [3.8, 4) is 0 Å². The number of nitrogens with two attached hydrogens (primary N) is 1. The Kier molecular flexibility index (Phi) is 3.67. The first-order chi connectivity index (χ1) is 7.59. The minimum atomic E-state index is 0.207. The molecule has 0 saturated carbocycles. The summed E-state index contributed by atoms with van der Waals surface area (Å²) in [7, 11) is 0. The molecule has 0 amide bonds. The largest absolute Gasteiger partial charge is 0.326 e. The van der Waals surface area contributed by atoms with Gasteiger partial charge in [0.05, 0.1) is 6.04 Å². The number of hydrogen-bond acceptors (Lipinski definition) is 3. The summed E-state index contributed by atoms with van der Waals surface area (Å²) in [4.78, 5) is 5.39. The van der Waals surface area contributed by atoms with Gasteiger partial charge < -0.3 is 5.73 Å². The predicted octanol–water partition coefficient (Wildman–Crippen LogP) is 2.93. The van der Waals surface area contributed by atoms with Crippen LogP contribution in [-0.4, -0.2) is 23.5 Å².